The molecule has 5 nitrogen and oxygen atoms in total. The number of thioether (sulfide) groups is 1. The van der Waals surface area contributed by atoms with Crippen molar-refractivity contribution in [2.24, 2.45) is 0 Å². The van der Waals surface area contributed by atoms with E-state index in [0.29, 0.717) is 11.1 Å². The van der Waals surface area contributed by atoms with Crippen molar-refractivity contribution in [3.8, 4) is 11.5 Å². The van der Waals surface area contributed by atoms with Gasteiger partial charge in [0.1, 0.15) is 11.5 Å². The number of aromatic nitrogens is 2. The van der Waals surface area contributed by atoms with Gasteiger partial charge < -0.3 is 13.9 Å². The van der Waals surface area contributed by atoms with E-state index in [9.17, 15) is 0 Å². The Balaban J connectivity index is 1.47. The van der Waals surface area contributed by atoms with Gasteiger partial charge in [0.25, 0.3) is 11.1 Å². The summed E-state index contributed by atoms with van der Waals surface area (Å²) in [6.45, 7) is 4.33. The fourth-order valence-electron chi connectivity index (χ4n) is 2.41. The normalized spacial score (nSPS) is 10.7. The molecule has 3 rings (SSSR count). The second-order valence-electron chi connectivity index (χ2n) is 5.97. The summed E-state index contributed by atoms with van der Waals surface area (Å²) in [7, 11) is 1.67. The maximum absolute atomic E-state index is 5.80. The van der Waals surface area contributed by atoms with Gasteiger partial charge in [0.15, 0.2) is 6.61 Å². The van der Waals surface area contributed by atoms with Crippen molar-refractivity contribution in [1.29, 1.82) is 0 Å². The molecule has 136 valence electrons. The Hall–Kier alpha value is -2.47. The van der Waals surface area contributed by atoms with Crippen LogP contribution < -0.4 is 9.47 Å². The zero-order valence-corrected chi connectivity index (χ0v) is 16.0. The standard InChI is InChI=1S/C20H22N2O3S/c1-14-4-5-15(2)18(12-14)24-13-19-21-22-20(25-19)26-11-10-16-6-8-17(23-3)9-7-16/h4-9,12H,10-11,13H2,1-3H3. The molecule has 0 unspecified atom stereocenters. The number of benzene rings is 2. The highest BCUT2D eigenvalue weighted by atomic mass is 32.2. The summed E-state index contributed by atoms with van der Waals surface area (Å²) < 4.78 is 16.6. The molecule has 26 heavy (non-hydrogen) atoms. The van der Waals surface area contributed by atoms with Crippen molar-refractivity contribution < 1.29 is 13.9 Å². The van der Waals surface area contributed by atoms with Gasteiger partial charge in [-0.3, -0.25) is 0 Å². The van der Waals surface area contributed by atoms with Crippen molar-refractivity contribution in [3.63, 3.8) is 0 Å². The first-order valence-electron chi connectivity index (χ1n) is 8.42. The second-order valence-corrected chi connectivity index (χ2v) is 7.01. The van der Waals surface area contributed by atoms with Crippen LogP contribution in [-0.4, -0.2) is 23.1 Å². The first kappa shape index (κ1) is 18.3. The molecule has 0 fully saturated rings. The molecule has 0 saturated carbocycles. The molecule has 1 heterocycles. The summed E-state index contributed by atoms with van der Waals surface area (Å²) in [5.41, 5.74) is 3.49. The predicted octanol–water partition coefficient (Wildman–Crippen LogP) is 4.61. The molecule has 0 amide bonds. The first-order valence-corrected chi connectivity index (χ1v) is 9.41. The number of ether oxygens (including phenoxy) is 2. The van der Waals surface area contributed by atoms with Gasteiger partial charge in [-0.2, -0.15) is 0 Å². The fourth-order valence-corrected chi connectivity index (χ4v) is 3.17. The molecule has 0 saturated heterocycles. The van der Waals surface area contributed by atoms with E-state index in [-0.39, 0.29) is 6.61 Å². The Labute approximate surface area is 157 Å². The summed E-state index contributed by atoms with van der Waals surface area (Å²) in [4.78, 5) is 0. The van der Waals surface area contributed by atoms with E-state index in [4.69, 9.17) is 13.9 Å². The Morgan fingerprint density at radius 2 is 1.85 bits per heavy atom. The van der Waals surface area contributed by atoms with Crippen LogP contribution in [0.1, 0.15) is 22.6 Å². The van der Waals surface area contributed by atoms with Gasteiger partial charge in [-0.25, -0.2) is 0 Å². The minimum atomic E-state index is 0.274. The van der Waals surface area contributed by atoms with E-state index in [0.717, 1.165) is 34.8 Å². The van der Waals surface area contributed by atoms with E-state index in [1.165, 1.54) is 5.56 Å². The SMILES string of the molecule is COc1ccc(CCSc2nnc(COc3cc(C)ccc3C)o2)cc1. The molecular formula is C20H22N2O3S. The Kier molecular flexibility index (Phi) is 6.17. The molecule has 0 radical (unpaired) electrons. The molecule has 2 aromatic carbocycles. The Morgan fingerprint density at radius 1 is 1.04 bits per heavy atom. The van der Waals surface area contributed by atoms with Gasteiger partial charge in [0, 0.05) is 5.75 Å². The molecule has 0 N–H and O–H groups in total. The number of methoxy groups -OCH3 is 1. The quantitative estimate of drug-likeness (QED) is 0.540. The lowest BCUT2D eigenvalue weighted by molar-refractivity contribution is 0.250. The molecule has 0 aliphatic heterocycles. The highest BCUT2D eigenvalue weighted by Gasteiger charge is 2.09. The van der Waals surface area contributed by atoms with Gasteiger partial charge in [-0.1, -0.05) is 36.0 Å². The monoisotopic (exact) mass is 370 g/mol. The lowest BCUT2D eigenvalue weighted by atomic mass is 10.1. The summed E-state index contributed by atoms with van der Waals surface area (Å²) in [6, 6.07) is 14.2. The smallest absolute Gasteiger partial charge is 0.276 e. The van der Waals surface area contributed by atoms with Gasteiger partial charge >= 0.3 is 0 Å². The first-order chi connectivity index (χ1) is 12.6. The zero-order chi connectivity index (χ0) is 18.4. The van der Waals surface area contributed by atoms with Crippen LogP contribution in [0.25, 0.3) is 0 Å². The van der Waals surface area contributed by atoms with Crippen molar-refractivity contribution in [1.82, 2.24) is 10.2 Å². The van der Waals surface area contributed by atoms with Crippen molar-refractivity contribution in [3.05, 3.63) is 65.0 Å². The number of aryl methyl sites for hydroxylation is 3. The van der Waals surface area contributed by atoms with Crippen LogP contribution in [0.15, 0.2) is 52.1 Å². The number of rotatable bonds is 8. The van der Waals surface area contributed by atoms with Gasteiger partial charge in [-0.15, -0.1) is 10.2 Å². The van der Waals surface area contributed by atoms with Crippen LogP contribution in [-0.2, 0) is 13.0 Å². The molecule has 0 bridgehead atoms. The van der Waals surface area contributed by atoms with E-state index in [2.05, 4.69) is 28.4 Å². The van der Waals surface area contributed by atoms with Crippen molar-refractivity contribution in [2.75, 3.05) is 12.9 Å². The summed E-state index contributed by atoms with van der Waals surface area (Å²) in [5.74, 6) is 3.06. The van der Waals surface area contributed by atoms with Crippen LogP contribution in [0.4, 0.5) is 0 Å². The van der Waals surface area contributed by atoms with Crippen LogP contribution in [0, 0.1) is 13.8 Å². The average molecular weight is 370 g/mol. The Morgan fingerprint density at radius 3 is 2.62 bits per heavy atom. The van der Waals surface area contributed by atoms with E-state index < -0.39 is 0 Å². The molecule has 0 atom stereocenters. The van der Waals surface area contributed by atoms with E-state index in [1.54, 1.807) is 18.9 Å². The zero-order valence-electron chi connectivity index (χ0n) is 15.2. The van der Waals surface area contributed by atoms with Crippen LogP contribution in [0.2, 0.25) is 0 Å². The number of nitrogens with zero attached hydrogens (tertiary/aromatic N) is 2. The fraction of sp³-hybridized carbons (Fsp3) is 0.300. The third-order valence-electron chi connectivity index (χ3n) is 3.92. The van der Waals surface area contributed by atoms with Crippen LogP contribution in [0.3, 0.4) is 0 Å². The average Bonchev–Trinajstić information content (AvgIpc) is 3.11. The largest absolute Gasteiger partial charge is 0.497 e. The number of hydrogen-bond acceptors (Lipinski definition) is 6. The predicted molar refractivity (Wildman–Crippen MR) is 102 cm³/mol. The van der Waals surface area contributed by atoms with Crippen LogP contribution in [0.5, 0.6) is 11.5 Å². The van der Waals surface area contributed by atoms with Crippen LogP contribution >= 0.6 is 11.8 Å². The molecule has 3 aromatic rings. The minimum absolute atomic E-state index is 0.274. The summed E-state index contributed by atoms with van der Waals surface area (Å²) in [6.07, 6.45) is 0.922. The van der Waals surface area contributed by atoms with Crippen molar-refractivity contribution >= 4 is 11.8 Å². The lowest BCUT2D eigenvalue weighted by Gasteiger charge is -2.07. The van der Waals surface area contributed by atoms with E-state index in [1.807, 2.05) is 38.1 Å². The molecule has 0 spiro atoms. The molecule has 6 heteroatoms. The molecule has 1 aromatic heterocycles. The van der Waals surface area contributed by atoms with Gasteiger partial charge in [0.2, 0.25) is 0 Å². The van der Waals surface area contributed by atoms with Gasteiger partial charge in [0.05, 0.1) is 7.11 Å². The lowest BCUT2D eigenvalue weighted by Crippen LogP contribution is -1.97. The molecule has 0 aliphatic rings. The Bertz CT molecular complexity index is 847. The summed E-state index contributed by atoms with van der Waals surface area (Å²) in [5, 5.41) is 8.69. The second kappa shape index (κ2) is 8.76. The molecular weight excluding hydrogens is 348 g/mol. The maximum atomic E-state index is 5.80. The van der Waals surface area contributed by atoms with E-state index >= 15 is 0 Å². The minimum Gasteiger partial charge on any atom is -0.497 e. The third-order valence-corrected chi connectivity index (χ3v) is 4.74. The third kappa shape index (κ3) is 5.02. The highest BCUT2D eigenvalue weighted by molar-refractivity contribution is 7.99. The van der Waals surface area contributed by atoms with Crippen molar-refractivity contribution in [2.45, 2.75) is 32.1 Å². The number of hydrogen-bond donors (Lipinski definition) is 0. The molecule has 0 aliphatic carbocycles. The van der Waals surface area contributed by atoms with Gasteiger partial charge in [-0.05, 0) is 55.2 Å². The summed E-state index contributed by atoms with van der Waals surface area (Å²) >= 11 is 1.55. The topological polar surface area (TPSA) is 57.4 Å². The highest BCUT2D eigenvalue weighted by Crippen LogP contribution is 2.22. The maximum Gasteiger partial charge on any atom is 0.276 e.